The quantitative estimate of drug-likeness (QED) is 0.871. The van der Waals surface area contributed by atoms with Crippen molar-refractivity contribution in [3.8, 4) is 5.88 Å². The number of ether oxygens (including phenoxy) is 1. The topological polar surface area (TPSA) is 47.4 Å². The van der Waals surface area contributed by atoms with Crippen LogP contribution in [-0.4, -0.2) is 33.0 Å². The number of pyridine rings is 1. The van der Waals surface area contributed by atoms with Crippen LogP contribution in [0.15, 0.2) is 42.7 Å². The molecule has 0 saturated heterocycles. The van der Waals surface area contributed by atoms with Gasteiger partial charge in [-0.15, -0.1) is 0 Å². The third-order valence-electron chi connectivity index (χ3n) is 3.84. The van der Waals surface area contributed by atoms with Crippen molar-refractivity contribution in [2.75, 3.05) is 6.54 Å². The largest absolute Gasteiger partial charge is 0.471 e. The van der Waals surface area contributed by atoms with Crippen LogP contribution in [0.5, 0.6) is 5.88 Å². The van der Waals surface area contributed by atoms with Gasteiger partial charge in [0.25, 0.3) is 0 Å². The van der Waals surface area contributed by atoms with Gasteiger partial charge < -0.3 is 14.2 Å². The second kappa shape index (κ2) is 6.64. The van der Waals surface area contributed by atoms with Gasteiger partial charge in [-0.05, 0) is 24.6 Å². The van der Waals surface area contributed by atoms with Crippen LogP contribution in [0.1, 0.15) is 25.5 Å². The molecule has 0 saturated carbocycles. The van der Waals surface area contributed by atoms with Crippen molar-refractivity contribution >= 4 is 5.91 Å². The molecule has 1 atom stereocenters. The first-order chi connectivity index (χ1) is 10.8. The number of fused-ring (bicyclic) bond motifs is 1. The minimum Gasteiger partial charge on any atom is -0.471 e. The SMILES string of the molecule is CCCC(=O)N1Cc2cccn2C[C@H](Oc2ccccn2)C1. The van der Waals surface area contributed by atoms with Crippen LogP contribution >= 0.6 is 0 Å². The van der Waals surface area contributed by atoms with E-state index >= 15 is 0 Å². The molecule has 2 aromatic heterocycles. The van der Waals surface area contributed by atoms with Gasteiger partial charge >= 0.3 is 0 Å². The fourth-order valence-corrected chi connectivity index (χ4v) is 2.78. The van der Waals surface area contributed by atoms with Crippen LogP contribution in [0, 0.1) is 0 Å². The monoisotopic (exact) mass is 299 g/mol. The number of nitrogens with zero attached hydrogens (tertiary/aromatic N) is 3. The number of aromatic nitrogens is 2. The van der Waals surface area contributed by atoms with Crippen LogP contribution in [-0.2, 0) is 17.9 Å². The van der Waals surface area contributed by atoms with E-state index in [1.807, 2.05) is 42.3 Å². The third-order valence-corrected chi connectivity index (χ3v) is 3.84. The lowest BCUT2D eigenvalue weighted by atomic mass is 10.2. The van der Waals surface area contributed by atoms with Gasteiger partial charge in [0.1, 0.15) is 6.10 Å². The smallest absolute Gasteiger partial charge is 0.223 e. The maximum absolute atomic E-state index is 12.3. The van der Waals surface area contributed by atoms with Crippen molar-refractivity contribution in [2.45, 2.75) is 39.0 Å². The molecule has 0 aliphatic carbocycles. The van der Waals surface area contributed by atoms with Crippen molar-refractivity contribution in [1.29, 1.82) is 0 Å². The predicted octanol–water partition coefficient (Wildman–Crippen LogP) is 2.47. The van der Waals surface area contributed by atoms with E-state index < -0.39 is 0 Å². The highest BCUT2D eigenvalue weighted by atomic mass is 16.5. The summed E-state index contributed by atoms with van der Waals surface area (Å²) in [6.45, 7) is 4.00. The second-order valence-corrected chi connectivity index (χ2v) is 5.58. The lowest BCUT2D eigenvalue weighted by molar-refractivity contribution is -0.132. The van der Waals surface area contributed by atoms with E-state index in [0.29, 0.717) is 25.4 Å². The first-order valence-electron chi connectivity index (χ1n) is 7.75. The Bertz CT molecular complexity index is 624. The molecule has 1 amide bonds. The Hall–Kier alpha value is -2.30. The van der Waals surface area contributed by atoms with E-state index in [1.54, 1.807) is 6.20 Å². The van der Waals surface area contributed by atoms with Crippen molar-refractivity contribution in [2.24, 2.45) is 0 Å². The van der Waals surface area contributed by atoms with Gasteiger partial charge in [0.05, 0.1) is 19.6 Å². The fourth-order valence-electron chi connectivity index (χ4n) is 2.78. The molecule has 5 heteroatoms. The van der Waals surface area contributed by atoms with Crippen LogP contribution in [0.2, 0.25) is 0 Å². The standard InChI is InChI=1S/C17H21N3O2/c1-2-6-17(21)20-11-14-7-5-10-19(14)12-15(13-20)22-16-8-3-4-9-18-16/h3-5,7-10,15H,2,6,11-13H2,1H3/t15-/m0/s1. The number of amides is 1. The van der Waals surface area contributed by atoms with Gasteiger partial charge in [0.2, 0.25) is 11.8 Å². The summed E-state index contributed by atoms with van der Waals surface area (Å²) in [6.07, 6.45) is 5.11. The molecule has 0 spiro atoms. The van der Waals surface area contributed by atoms with Crippen molar-refractivity contribution in [1.82, 2.24) is 14.5 Å². The molecule has 22 heavy (non-hydrogen) atoms. The summed E-state index contributed by atoms with van der Waals surface area (Å²) >= 11 is 0. The molecule has 1 aliphatic rings. The molecular formula is C17H21N3O2. The van der Waals surface area contributed by atoms with Gasteiger partial charge in [0, 0.05) is 30.6 Å². The molecule has 0 unspecified atom stereocenters. The summed E-state index contributed by atoms with van der Waals surface area (Å²) in [5.74, 6) is 0.790. The van der Waals surface area contributed by atoms with Crippen LogP contribution < -0.4 is 4.74 Å². The fraction of sp³-hybridized carbons (Fsp3) is 0.412. The second-order valence-electron chi connectivity index (χ2n) is 5.58. The lowest BCUT2D eigenvalue weighted by Gasteiger charge is -2.24. The molecule has 0 bridgehead atoms. The van der Waals surface area contributed by atoms with Crippen molar-refractivity contribution in [3.63, 3.8) is 0 Å². The zero-order chi connectivity index (χ0) is 15.4. The molecule has 116 valence electrons. The Labute approximate surface area is 130 Å². The molecule has 2 aromatic rings. The lowest BCUT2D eigenvalue weighted by Crippen LogP contribution is -2.38. The molecule has 0 radical (unpaired) electrons. The van der Waals surface area contributed by atoms with Crippen LogP contribution in [0.4, 0.5) is 0 Å². The molecule has 0 N–H and O–H groups in total. The zero-order valence-electron chi connectivity index (χ0n) is 12.8. The highest BCUT2D eigenvalue weighted by molar-refractivity contribution is 5.76. The highest BCUT2D eigenvalue weighted by Crippen LogP contribution is 2.18. The van der Waals surface area contributed by atoms with Crippen LogP contribution in [0.25, 0.3) is 0 Å². The normalized spacial score (nSPS) is 17.7. The zero-order valence-corrected chi connectivity index (χ0v) is 12.8. The van der Waals surface area contributed by atoms with E-state index in [4.69, 9.17) is 4.74 Å². The summed E-state index contributed by atoms with van der Waals surface area (Å²) in [6, 6.07) is 9.69. The van der Waals surface area contributed by atoms with E-state index in [-0.39, 0.29) is 12.0 Å². The Balaban J connectivity index is 1.79. The molecule has 3 rings (SSSR count). The Morgan fingerprint density at radius 1 is 1.32 bits per heavy atom. The van der Waals surface area contributed by atoms with E-state index in [1.165, 1.54) is 0 Å². The Kier molecular flexibility index (Phi) is 4.42. The molecule has 1 aliphatic heterocycles. The number of carbonyl (C=O) groups excluding carboxylic acids is 1. The Morgan fingerprint density at radius 2 is 2.23 bits per heavy atom. The minimum atomic E-state index is -0.0932. The number of hydrogen-bond donors (Lipinski definition) is 0. The van der Waals surface area contributed by atoms with Gasteiger partial charge in [-0.3, -0.25) is 4.79 Å². The van der Waals surface area contributed by atoms with E-state index in [0.717, 1.165) is 18.7 Å². The molecule has 3 heterocycles. The summed E-state index contributed by atoms with van der Waals surface area (Å²) in [4.78, 5) is 18.4. The minimum absolute atomic E-state index is 0.0932. The number of rotatable bonds is 4. The third kappa shape index (κ3) is 3.30. The number of hydrogen-bond acceptors (Lipinski definition) is 3. The van der Waals surface area contributed by atoms with Gasteiger partial charge in [-0.25, -0.2) is 4.98 Å². The van der Waals surface area contributed by atoms with Gasteiger partial charge in [-0.2, -0.15) is 0 Å². The molecular weight excluding hydrogens is 278 g/mol. The summed E-state index contributed by atoms with van der Waals surface area (Å²) < 4.78 is 8.15. The number of carbonyl (C=O) groups is 1. The highest BCUT2D eigenvalue weighted by Gasteiger charge is 2.25. The van der Waals surface area contributed by atoms with Gasteiger partial charge in [-0.1, -0.05) is 13.0 Å². The van der Waals surface area contributed by atoms with Crippen molar-refractivity contribution in [3.05, 3.63) is 48.4 Å². The molecule has 0 fully saturated rings. The van der Waals surface area contributed by atoms with E-state index in [9.17, 15) is 4.79 Å². The predicted molar refractivity (Wildman–Crippen MR) is 83.4 cm³/mol. The Morgan fingerprint density at radius 3 is 3.00 bits per heavy atom. The first-order valence-corrected chi connectivity index (χ1v) is 7.75. The molecule has 5 nitrogen and oxygen atoms in total. The maximum Gasteiger partial charge on any atom is 0.223 e. The van der Waals surface area contributed by atoms with Crippen molar-refractivity contribution < 1.29 is 9.53 Å². The first kappa shape index (κ1) is 14.6. The van der Waals surface area contributed by atoms with Gasteiger partial charge in [0.15, 0.2) is 0 Å². The molecule has 0 aromatic carbocycles. The summed E-state index contributed by atoms with van der Waals surface area (Å²) in [5.41, 5.74) is 1.15. The summed E-state index contributed by atoms with van der Waals surface area (Å²) in [5, 5.41) is 0. The average molecular weight is 299 g/mol. The summed E-state index contributed by atoms with van der Waals surface area (Å²) in [7, 11) is 0. The van der Waals surface area contributed by atoms with Crippen LogP contribution in [0.3, 0.4) is 0 Å². The maximum atomic E-state index is 12.3. The average Bonchev–Trinajstić information content (AvgIpc) is 2.87. The van der Waals surface area contributed by atoms with E-state index in [2.05, 4.69) is 15.6 Å².